The van der Waals surface area contributed by atoms with E-state index < -0.39 is 6.10 Å². The third-order valence-electron chi connectivity index (χ3n) is 1.95. The van der Waals surface area contributed by atoms with E-state index in [9.17, 15) is 9.90 Å². The Labute approximate surface area is 65.7 Å². The predicted octanol–water partition coefficient (Wildman–Crippen LogP) is -0.0804. The van der Waals surface area contributed by atoms with Crippen molar-refractivity contribution in [3.05, 3.63) is 0 Å². The van der Waals surface area contributed by atoms with Crippen LogP contribution in [-0.4, -0.2) is 35.3 Å². The molecule has 4 nitrogen and oxygen atoms in total. The second kappa shape index (κ2) is 3.19. The van der Waals surface area contributed by atoms with Gasteiger partial charge in [0.15, 0.2) is 0 Å². The smallest absolute Gasteiger partial charge is 0.246 e. The number of rotatable bonds is 2. The molecule has 64 valence electrons. The fourth-order valence-corrected chi connectivity index (χ4v) is 1.36. The van der Waals surface area contributed by atoms with E-state index in [1.807, 2.05) is 0 Å². The average molecular weight is 159 g/mol. The van der Waals surface area contributed by atoms with E-state index in [1.165, 1.54) is 12.2 Å². The van der Waals surface area contributed by atoms with Crippen LogP contribution in [-0.2, 0) is 9.63 Å². The minimum Gasteiger partial charge on any atom is -0.391 e. The van der Waals surface area contributed by atoms with Gasteiger partial charge in [-0.1, -0.05) is 0 Å². The lowest BCUT2D eigenvalue weighted by Gasteiger charge is -2.23. The van der Waals surface area contributed by atoms with Gasteiger partial charge in [-0.25, -0.2) is 5.06 Å². The molecule has 1 N–H and O–H groups in total. The van der Waals surface area contributed by atoms with Crippen molar-refractivity contribution in [2.24, 2.45) is 0 Å². The summed E-state index contributed by atoms with van der Waals surface area (Å²) in [6, 6.07) is -0.160. The first-order chi connectivity index (χ1) is 5.16. The van der Waals surface area contributed by atoms with Crippen molar-refractivity contribution in [1.82, 2.24) is 5.06 Å². The summed E-state index contributed by atoms with van der Waals surface area (Å²) in [4.78, 5) is 15.8. The zero-order chi connectivity index (χ0) is 8.43. The maximum absolute atomic E-state index is 11.0. The topological polar surface area (TPSA) is 49.8 Å². The number of amides is 1. The Kier molecular flexibility index (Phi) is 2.46. The van der Waals surface area contributed by atoms with Crippen LogP contribution in [0.4, 0.5) is 0 Å². The SMILES string of the molecule is CON1C(=O)CC[C@H]1[C@@H](C)O. The van der Waals surface area contributed by atoms with Crippen LogP contribution in [0.5, 0.6) is 0 Å². The zero-order valence-electron chi connectivity index (χ0n) is 6.78. The molecule has 1 saturated heterocycles. The van der Waals surface area contributed by atoms with E-state index in [-0.39, 0.29) is 11.9 Å². The van der Waals surface area contributed by atoms with Crippen molar-refractivity contribution in [2.45, 2.75) is 31.9 Å². The highest BCUT2D eigenvalue weighted by Gasteiger charge is 2.34. The van der Waals surface area contributed by atoms with Crippen molar-refractivity contribution < 1.29 is 14.7 Å². The van der Waals surface area contributed by atoms with E-state index in [2.05, 4.69) is 0 Å². The lowest BCUT2D eigenvalue weighted by molar-refractivity contribution is -0.185. The number of carbonyl (C=O) groups is 1. The second-order valence-electron chi connectivity index (χ2n) is 2.75. The quantitative estimate of drug-likeness (QED) is 0.613. The number of aliphatic hydroxyl groups is 1. The molecule has 0 saturated carbocycles. The van der Waals surface area contributed by atoms with Gasteiger partial charge in [-0.15, -0.1) is 0 Å². The van der Waals surface area contributed by atoms with Crippen LogP contribution in [0.1, 0.15) is 19.8 Å². The van der Waals surface area contributed by atoms with Crippen molar-refractivity contribution >= 4 is 5.91 Å². The number of hydrogen-bond acceptors (Lipinski definition) is 3. The molecule has 1 heterocycles. The summed E-state index contributed by atoms with van der Waals surface area (Å²) in [7, 11) is 1.44. The largest absolute Gasteiger partial charge is 0.391 e. The molecule has 0 aromatic carbocycles. The van der Waals surface area contributed by atoms with Gasteiger partial charge in [0.2, 0.25) is 5.91 Å². The highest BCUT2D eigenvalue weighted by Crippen LogP contribution is 2.20. The highest BCUT2D eigenvalue weighted by molar-refractivity contribution is 5.77. The van der Waals surface area contributed by atoms with Crippen LogP contribution in [0.3, 0.4) is 0 Å². The monoisotopic (exact) mass is 159 g/mol. The first-order valence-corrected chi connectivity index (χ1v) is 3.71. The first-order valence-electron chi connectivity index (χ1n) is 3.71. The van der Waals surface area contributed by atoms with Crippen LogP contribution < -0.4 is 0 Å². The molecule has 2 atom stereocenters. The van der Waals surface area contributed by atoms with Gasteiger partial charge in [-0.05, 0) is 13.3 Å². The van der Waals surface area contributed by atoms with Gasteiger partial charge >= 0.3 is 0 Å². The molecular weight excluding hydrogens is 146 g/mol. The molecule has 1 amide bonds. The van der Waals surface area contributed by atoms with Crippen LogP contribution in [0, 0.1) is 0 Å². The van der Waals surface area contributed by atoms with E-state index in [0.717, 1.165) is 0 Å². The Bertz CT molecular complexity index is 158. The summed E-state index contributed by atoms with van der Waals surface area (Å²) in [6.45, 7) is 1.66. The van der Waals surface area contributed by atoms with Crippen LogP contribution >= 0.6 is 0 Å². The Morgan fingerprint density at radius 3 is 2.82 bits per heavy atom. The molecule has 4 heteroatoms. The maximum atomic E-state index is 11.0. The van der Waals surface area contributed by atoms with Crippen LogP contribution in [0.25, 0.3) is 0 Å². The highest BCUT2D eigenvalue weighted by atomic mass is 16.7. The molecule has 1 aliphatic rings. The normalized spacial score (nSPS) is 27.7. The van der Waals surface area contributed by atoms with Gasteiger partial charge in [0, 0.05) is 6.42 Å². The molecule has 0 aromatic heterocycles. The van der Waals surface area contributed by atoms with Crippen LogP contribution in [0.15, 0.2) is 0 Å². The number of hydroxylamine groups is 2. The maximum Gasteiger partial charge on any atom is 0.246 e. The minimum atomic E-state index is -0.513. The number of aliphatic hydroxyl groups excluding tert-OH is 1. The van der Waals surface area contributed by atoms with E-state index in [1.54, 1.807) is 6.92 Å². The Morgan fingerprint density at radius 2 is 2.45 bits per heavy atom. The van der Waals surface area contributed by atoms with Gasteiger partial charge in [0.25, 0.3) is 0 Å². The zero-order valence-corrected chi connectivity index (χ0v) is 6.78. The minimum absolute atomic E-state index is 0.0431. The number of carbonyl (C=O) groups excluding carboxylic acids is 1. The summed E-state index contributed by atoms with van der Waals surface area (Å²) in [6.07, 6.45) is 0.648. The van der Waals surface area contributed by atoms with Crippen molar-refractivity contribution in [3.8, 4) is 0 Å². The van der Waals surface area contributed by atoms with Gasteiger partial charge in [0.1, 0.15) is 0 Å². The summed E-state index contributed by atoms with van der Waals surface area (Å²) in [5.41, 5.74) is 0. The Balaban J connectivity index is 2.61. The molecule has 0 spiro atoms. The summed E-state index contributed by atoms with van der Waals surface area (Å²) >= 11 is 0. The molecule has 0 radical (unpaired) electrons. The lowest BCUT2D eigenvalue weighted by Crippen LogP contribution is -2.38. The third kappa shape index (κ3) is 1.52. The van der Waals surface area contributed by atoms with Gasteiger partial charge in [0.05, 0.1) is 19.3 Å². The van der Waals surface area contributed by atoms with Gasteiger partial charge < -0.3 is 5.11 Å². The van der Waals surface area contributed by atoms with Crippen molar-refractivity contribution in [2.75, 3.05) is 7.11 Å². The molecule has 0 bridgehead atoms. The van der Waals surface area contributed by atoms with E-state index in [0.29, 0.717) is 12.8 Å². The van der Waals surface area contributed by atoms with Crippen LogP contribution in [0.2, 0.25) is 0 Å². The molecule has 1 aliphatic heterocycles. The van der Waals surface area contributed by atoms with E-state index in [4.69, 9.17) is 4.84 Å². The van der Waals surface area contributed by atoms with E-state index >= 15 is 0 Å². The second-order valence-corrected chi connectivity index (χ2v) is 2.75. The number of hydrogen-bond donors (Lipinski definition) is 1. The molecule has 0 aromatic rings. The molecule has 0 aliphatic carbocycles. The summed E-state index contributed by atoms with van der Waals surface area (Å²) in [5, 5.41) is 10.5. The Hall–Kier alpha value is -0.610. The lowest BCUT2D eigenvalue weighted by atomic mass is 10.1. The van der Waals surface area contributed by atoms with Gasteiger partial charge in [-0.3, -0.25) is 9.63 Å². The van der Waals surface area contributed by atoms with Crippen molar-refractivity contribution in [3.63, 3.8) is 0 Å². The fraction of sp³-hybridized carbons (Fsp3) is 0.857. The molecule has 1 fully saturated rings. The third-order valence-corrected chi connectivity index (χ3v) is 1.95. The summed E-state index contributed by atoms with van der Waals surface area (Å²) in [5.74, 6) is -0.0431. The fourth-order valence-electron chi connectivity index (χ4n) is 1.36. The Morgan fingerprint density at radius 1 is 1.82 bits per heavy atom. The molecule has 0 unspecified atom stereocenters. The molecule has 1 rings (SSSR count). The predicted molar refractivity (Wildman–Crippen MR) is 38.6 cm³/mol. The van der Waals surface area contributed by atoms with Crippen molar-refractivity contribution in [1.29, 1.82) is 0 Å². The standard InChI is InChI=1S/C7H13NO3/c1-5(9)6-3-4-7(10)8(6)11-2/h5-6,9H,3-4H2,1-2H3/t5-,6+/m1/s1. The average Bonchev–Trinajstić information content (AvgIpc) is 2.30. The summed E-state index contributed by atoms with van der Waals surface area (Å²) < 4.78 is 0. The molecule has 11 heavy (non-hydrogen) atoms. The molecular formula is C7H13NO3. The number of nitrogens with zero attached hydrogens (tertiary/aromatic N) is 1. The van der Waals surface area contributed by atoms with Gasteiger partial charge in [-0.2, -0.15) is 0 Å². The first kappa shape index (κ1) is 8.49.